The predicted octanol–water partition coefficient (Wildman–Crippen LogP) is 1.89. The molecule has 1 aliphatic rings. The van der Waals surface area contributed by atoms with Crippen LogP contribution in [0.15, 0.2) is 23.3 Å². The van der Waals surface area contributed by atoms with Crippen LogP contribution in [0.4, 0.5) is 10.6 Å². The number of amides is 2. The van der Waals surface area contributed by atoms with Crippen LogP contribution in [-0.4, -0.2) is 66.2 Å². The summed E-state index contributed by atoms with van der Waals surface area (Å²) >= 11 is 0. The number of aryl methyl sites for hydroxylation is 1. The SMILES string of the molecule is CN=C(NCCC(=O)Nc1ccc(C)cn1)N1CCC(NC(=O)OC(C)(C)C)C1. The molecule has 9 nitrogen and oxygen atoms in total. The highest BCUT2D eigenvalue weighted by atomic mass is 16.6. The van der Waals surface area contributed by atoms with Crippen LogP contribution in [0, 0.1) is 6.92 Å². The van der Waals surface area contributed by atoms with E-state index in [0.717, 1.165) is 18.5 Å². The van der Waals surface area contributed by atoms with Gasteiger partial charge in [-0.05, 0) is 45.7 Å². The van der Waals surface area contributed by atoms with Gasteiger partial charge in [-0.25, -0.2) is 9.78 Å². The van der Waals surface area contributed by atoms with E-state index in [2.05, 4.69) is 30.8 Å². The second-order valence-electron chi connectivity index (χ2n) is 8.07. The molecule has 2 rings (SSSR count). The molecule has 0 saturated carbocycles. The monoisotopic (exact) mass is 404 g/mol. The summed E-state index contributed by atoms with van der Waals surface area (Å²) < 4.78 is 5.30. The fourth-order valence-corrected chi connectivity index (χ4v) is 2.91. The lowest BCUT2D eigenvalue weighted by Crippen LogP contribution is -2.44. The van der Waals surface area contributed by atoms with E-state index in [1.807, 2.05) is 33.8 Å². The molecule has 1 saturated heterocycles. The number of aromatic nitrogens is 1. The lowest BCUT2D eigenvalue weighted by Gasteiger charge is -2.23. The van der Waals surface area contributed by atoms with Gasteiger partial charge in [0.15, 0.2) is 5.96 Å². The molecule has 0 aromatic carbocycles. The quantitative estimate of drug-likeness (QED) is 0.511. The lowest BCUT2D eigenvalue weighted by atomic mass is 10.2. The van der Waals surface area contributed by atoms with Crippen molar-refractivity contribution in [1.82, 2.24) is 20.5 Å². The van der Waals surface area contributed by atoms with Gasteiger partial charge < -0.3 is 25.6 Å². The normalized spacial score (nSPS) is 17.1. The molecule has 1 aliphatic heterocycles. The molecule has 1 unspecified atom stereocenters. The average Bonchev–Trinajstić information content (AvgIpc) is 3.07. The first-order chi connectivity index (χ1) is 13.7. The number of carbonyl (C=O) groups excluding carboxylic acids is 2. The largest absolute Gasteiger partial charge is 0.444 e. The first-order valence-corrected chi connectivity index (χ1v) is 9.84. The van der Waals surface area contributed by atoms with Gasteiger partial charge >= 0.3 is 6.09 Å². The van der Waals surface area contributed by atoms with Crippen LogP contribution in [0.2, 0.25) is 0 Å². The first-order valence-electron chi connectivity index (χ1n) is 9.84. The molecule has 0 aliphatic carbocycles. The molecular formula is C20H32N6O3. The highest BCUT2D eigenvalue weighted by Gasteiger charge is 2.27. The lowest BCUT2D eigenvalue weighted by molar-refractivity contribution is -0.116. The van der Waals surface area contributed by atoms with Crippen LogP contribution in [0.1, 0.15) is 39.2 Å². The van der Waals surface area contributed by atoms with E-state index >= 15 is 0 Å². The van der Waals surface area contributed by atoms with Crippen LogP contribution in [0.25, 0.3) is 0 Å². The molecule has 3 N–H and O–H groups in total. The Morgan fingerprint density at radius 1 is 1.34 bits per heavy atom. The zero-order valence-electron chi connectivity index (χ0n) is 17.9. The zero-order valence-corrected chi connectivity index (χ0v) is 17.9. The van der Waals surface area contributed by atoms with Gasteiger partial charge in [0.25, 0.3) is 0 Å². The molecular weight excluding hydrogens is 372 g/mol. The van der Waals surface area contributed by atoms with E-state index in [0.29, 0.717) is 31.3 Å². The molecule has 29 heavy (non-hydrogen) atoms. The van der Waals surface area contributed by atoms with Gasteiger partial charge in [0.1, 0.15) is 11.4 Å². The fraction of sp³-hybridized carbons (Fsp3) is 0.600. The number of ether oxygens (including phenoxy) is 1. The number of nitrogens with zero attached hydrogens (tertiary/aromatic N) is 3. The summed E-state index contributed by atoms with van der Waals surface area (Å²) in [5, 5.41) is 8.87. The smallest absolute Gasteiger partial charge is 0.407 e. The molecule has 1 fully saturated rings. The zero-order chi connectivity index (χ0) is 21.4. The summed E-state index contributed by atoms with van der Waals surface area (Å²) in [6.07, 6.45) is 2.40. The molecule has 1 aromatic rings. The summed E-state index contributed by atoms with van der Waals surface area (Å²) in [5.74, 6) is 1.13. The van der Waals surface area contributed by atoms with Crippen molar-refractivity contribution in [1.29, 1.82) is 0 Å². The number of hydrogen-bond donors (Lipinski definition) is 3. The molecule has 0 radical (unpaired) electrons. The Bertz CT molecular complexity index is 727. The van der Waals surface area contributed by atoms with Crippen molar-refractivity contribution < 1.29 is 14.3 Å². The second-order valence-corrected chi connectivity index (χ2v) is 8.07. The van der Waals surface area contributed by atoms with E-state index in [-0.39, 0.29) is 11.9 Å². The van der Waals surface area contributed by atoms with Crippen LogP contribution < -0.4 is 16.0 Å². The molecule has 9 heteroatoms. The number of anilines is 1. The molecule has 0 spiro atoms. The van der Waals surface area contributed by atoms with E-state index in [1.54, 1.807) is 19.3 Å². The summed E-state index contributed by atoms with van der Waals surface area (Å²) in [5.41, 5.74) is 0.521. The van der Waals surface area contributed by atoms with Gasteiger partial charge in [0.2, 0.25) is 5.91 Å². The van der Waals surface area contributed by atoms with Crippen molar-refractivity contribution in [3.05, 3.63) is 23.9 Å². The predicted molar refractivity (Wildman–Crippen MR) is 113 cm³/mol. The number of likely N-dealkylation sites (tertiary alicyclic amines) is 1. The molecule has 0 bridgehead atoms. The third kappa shape index (κ3) is 7.97. The number of aliphatic imine (C=N–C) groups is 1. The molecule has 160 valence electrons. The molecule has 1 atom stereocenters. The summed E-state index contributed by atoms with van der Waals surface area (Å²) in [6.45, 7) is 9.31. The minimum absolute atomic E-state index is 0.000639. The summed E-state index contributed by atoms with van der Waals surface area (Å²) in [4.78, 5) is 34.5. The topological polar surface area (TPSA) is 108 Å². The maximum absolute atomic E-state index is 12.1. The van der Waals surface area contributed by atoms with Crippen molar-refractivity contribution in [2.45, 2.75) is 52.2 Å². The van der Waals surface area contributed by atoms with Gasteiger partial charge in [-0.15, -0.1) is 0 Å². The van der Waals surface area contributed by atoms with Crippen LogP contribution in [0.3, 0.4) is 0 Å². The van der Waals surface area contributed by atoms with Crippen molar-refractivity contribution >= 4 is 23.8 Å². The van der Waals surface area contributed by atoms with Crippen LogP contribution in [-0.2, 0) is 9.53 Å². The first kappa shape index (κ1) is 22.4. The van der Waals surface area contributed by atoms with Gasteiger partial charge in [0.05, 0.1) is 6.04 Å². The Kier molecular flexibility index (Phi) is 7.81. The third-order valence-electron chi connectivity index (χ3n) is 4.23. The Hall–Kier alpha value is -2.84. The number of alkyl carbamates (subject to hydrolysis) is 1. The Balaban J connectivity index is 1.72. The number of nitrogens with one attached hydrogen (secondary N) is 3. The number of rotatable bonds is 5. The van der Waals surface area contributed by atoms with E-state index in [4.69, 9.17) is 4.74 Å². The maximum Gasteiger partial charge on any atom is 0.407 e. The standard InChI is InChI=1S/C20H32N6O3/c1-14-6-7-16(23-12-14)25-17(27)8-10-22-18(21-5)26-11-9-15(13-26)24-19(28)29-20(2,3)4/h6-7,12,15H,8-11,13H2,1-5H3,(H,21,22)(H,24,28)(H,23,25,27). The molecule has 2 heterocycles. The third-order valence-corrected chi connectivity index (χ3v) is 4.23. The van der Waals surface area contributed by atoms with Crippen LogP contribution >= 0.6 is 0 Å². The Labute approximate surface area is 172 Å². The molecule has 1 aromatic heterocycles. The highest BCUT2D eigenvalue weighted by molar-refractivity contribution is 5.90. The Morgan fingerprint density at radius 3 is 2.72 bits per heavy atom. The van der Waals surface area contributed by atoms with E-state index in [9.17, 15) is 9.59 Å². The van der Waals surface area contributed by atoms with E-state index < -0.39 is 11.7 Å². The minimum Gasteiger partial charge on any atom is -0.444 e. The van der Waals surface area contributed by atoms with Crippen molar-refractivity contribution in [3.63, 3.8) is 0 Å². The average molecular weight is 405 g/mol. The van der Waals surface area contributed by atoms with Gasteiger partial charge in [-0.3, -0.25) is 9.79 Å². The number of pyridine rings is 1. The number of carbonyl (C=O) groups is 2. The van der Waals surface area contributed by atoms with Gasteiger partial charge in [-0.2, -0.15) is 0 Å². The number of guanidine groups is 1. The molecule has 2 amide bonds. The number of hydrogen-bond acceptors (Lipinski definition) is 5. The summed E-state index contributed by atoms with van der Waals surface area (Å²) in [6, 6.07) is 3.68. The minimum atomic E-state index is -0.519. The van der Waals surface area contributed by atoms with Gasteiger partial charge in [-0.1, -0.05) is 6.07 Å². The highest BCUT2D eigenvalue weighted by Crippen LogP contribution is 2.12. The van der Waals surface area contributed by atoms with E-state index in [1.165, 1.54) is 0 Å². The van der Waals surface area contributed by atoms with Crippen molar-refractivity contribution in [2.24, 2.45) is 4.99 Å². The Morgan fingerprint density at radius 2 is 2.10 bits per heavy atom. The van der Waals surface area contributed by atoms with Crippen LogP contribution in [0.5, 0.6) is 0 Å². The second kappa shape index (κ2) is 10.1. The van der Waals surface area contributed by atoms with Gasteiger partial charge in [0, 0.05) is 39.3 Å². The van der Waals surface area contributed by atoms with Crippen molar-refractivity contribution in [2.75, 3.05) is 32.0 Å². The van der Waals surface area contributed by atoms with Crippen molar-refractivity contribution in [3.8, 4) is 0 Å². The summed E-state index contributed by atoms with van der Waals surface area (Å²) in [7, 11) is 1.70. The maximum atomic E-state index is 12.1. The fourth-order valence-electron chi connectivity index (χ4n) is 2.91.